The summed E-state index contributed by atoms with van der Waals surface area (Å²) in [6.45, 7) is 4.09. The zero-order valence-electron chi connectivity index (χ0n) is 11.2. The van der Waals surface area contributed by atoms with Crippen molar-refractivity contribution in [2.45, 2.75) is 20.4 Å². The number of fused-ring (bicyclic) bond motifs is 1. The maximum Gasteiger partial charge on any atom is 0.350 e. The van der Waals surface area contributed by atoms with E-state index in [9.17, 15) is 4.79 Å². The molecule has 0 aromatic carbocycles. The second-order valence-corrected chi connectivity index (χ2v) is 4.67. The summed E-state index contributed by atoms with van der Waals surface area (Å²) in [5.41, 5.74) is 9.53. The van der Waals surface area contributed by atoms with Crippen molar-refractivity contribution in [3.8, 4) is 0 Å². The number of nitrogens with zero attached hydrogens (tertiary/aromatic N) is 5. The van der Waals surface area contributed by atoms with E-state index in [1.807, 2.05) is 13.8 Å². The third-order valence-electron chi connectivity index (χ3n) is 3.36. The van der Waals surface area contributed by atoms with Crippen LogP contribution in [0.3, 0.4) is 0 Å². The first-order chi connectivity index (χ1) is 9.58. The first-order valence-electron chi connectivity index (χ1n) is 6.17. The van der Waals surface area contributed by atoms with Gasteiger partial charge in [0.15, 0.2) is 5.65 Å². The molecule has 0 amide bonds. The van der Waals surface area contributed by atoms with E-state index in [-0.39, 0.29) is 12.2 Å². The van der Waals surface area contributed by atoms with Crippen molar-refractivity contribution < 1.29 is 0 Å². The van der Waals surface area contributed by atoms with Crippen LogP contribution in [0.2, 0.25) is 0 Å². The molecule has 0 aliphatic heterocycles. The van der Waals surface area contributed by atoms with Crippen molar-refractivity contribution in [2.75, 3.05) is 5.73 Å². The van der Waals surface area contributed by atoms with Crippen LogP contribution in [0.1, 0.15) is 16.8 Å². The summed E-state index contributed by atoms with van der Waals surface area (Å²) in [4.78, 5) is 20.5. The molecule has 20 heavy (non-hydrogen) atoms. The average molecular weight is 270 g/mol. The van der Waals surface area contributed by atoms with Crippen molar-refractivity contribution in [3.63, 3.8) is 0 Å². The Kier molecular flexibility index (Phi) is 2.74. The lowest BCUT2D eigenvalue weighted by atomic mass is 10.1. The molecule has 0 aliphatic carbocycles. The summed E-state index contributed by atoms with van der Waals surface area (Å²) >= 11 is 0. The Hall–Kier alpha value is -2.70. The van der Waals surface area contributed by atoms with Crippen LogP contribution < -0.4 is 11.4 Å². The summed E-state index contributed by atoms with van der Waals surface area (Å²) < 4.78 is 2.81. The van der Waals surface area contributed by atoms with Gasteiger partial charge in [-0.3, -0.25) is 9.97 Å². The summed E-state index contributed by atoms with van der Waals surface area (Å²) in [5.74, 6) is 0. The molecule has 0 fully saturated rings. The fourth-order valence-electron chi connectivity index (χ4n) is 2.08. The highest BCUT2D eigenvalue weighted by molar-refractivity contribution is 5.53. The Labute approximate surface area is 114 Å². The molecular formula is C13H14N6O. The number of nitrogen functional groups attached to an aromatic ring is 1. The molecule has 7 heteroatoms. The zero-order chi connectivity index (χ0) is 14.3. The highest BCUT2D eigenvalue weighted by Crippen LogP contribution is 2.18. The van der Waals surface area contributed by atoms with Crippen molar-refractivity contribution >= 4 is 11.3 Å². The normalized spacial score (nSPS) is 11.1. The molecular weight excluding hydrogens is 256 g/mol. The maximum absolute atomic E-state index is 12.2. The molecule has 0 atom stereocenters. The number of aromatic nitrogens is 5. The standard InChI is InChI=1S/C13H14N6O/c1-8-5-16-10(9(2)12(8)14)7-19-13(20)18-4-3-15-6-11(18)17-19/h3-6H,7H2,1-2H3,(H2,14,16). The van der Waals surface area contributed by atoms with E-state index in [0.717, 1.165) is 16.8 Å². The van der Waals surface area contributed by atoms with Crippen LogP contribution >= 0.6 is 0 Å². The van der Waals surface area contributed by atoms with Gasteiger partial charge < -0.3 is 5.73 Å². The molecule has 7 nitrogen and oxygen atoms in total. The number of aryl methyl sites for hydroxylation is 1. The van der Waals surface area contributed by atoms with Gasteiger partial charge in [0.05, 0.1) is 18.4 Å². The molecule has 3 aromatic rings. The molecule has 0 bridgehead atoms. The molecule has 0 radical (unpaired) electrons. The number of pyridine rings is 1. The number of hydrogen-bond donors (Lipinski definition) is 1. The molecule has 3 aromatic heterocycles. The van der Waals surface area contributed by atoms with Crippen molar-refractivity contribution in [2.24, 2.45) is 0 Å². The van der Waals surface area contributed by atoms with Crippen LogP contribution in [0.4, 0.5) is 5.69 Å². The van der Waals surface area contributed by atoms with E-state index >= 15 is 0 Å². The fraction of sp³-hybridized carbons (Fsp3) is 0.231. The van der Waals surface area contributed by atoms with Gasteiger partial charge in [-0.2, -0.15) is 0 Å². The van der Waals surface area contributed by atoms with Crippen LogP contribution in [0.15, 0.2) is 29.6 Å². The third-order valence-corrected chi connectivity index (χ3v) is 3.36. The first kappa shape index (κ1) is 12.3. The topological polar surface area (TPSA) is 91.1 Å². The molecule has 0 unspecified atom stereocenters. The first-order valence-corrected chi connectivity index (χ1v) is 6.17. The monoisotopic (exact) mass is 270 g/mol. The van der Waals surface area contributed by atoms with E-state index in [1.165, 1.54) is 9.08 Å². The van der Waals surface area contributed by atoms with Gasteiger partial charge in [0.1, 0.15) is 0 Å². The summed E-state index contributed by atoms with van der Waals surface area (Å²) in [6.07, 6.45) is 6.39. The largest absolute Gasteiger partial charge is 0.398 e. The molecule has 2 N–H and O–H groups in total. The lowest BCUT2D eigenvalue weighted by Gasteiger charge is -2.09. The molecule has 0 aliphatic rings. The van der Waals surface area contributed by atoms with Gasteiger partial charge in [0, 0.05) is 24.3 Å². The third kappa shape index (κ3) is 1.83. The van der Waals surface area contributed by atoms with Gasteiger partial charge >= 0.3 is 5.69 Å². The SMILES string of the molecule is Cc1cnc(Cn2nc3cnccn3c2=O)c(C)c1N. The quantitative estimate of drug-likeness (QED) is 0.733. The van der Waals surface area contributed by atoms with Crippen molar-refractivity contribution in [1.82, 2.24) is 24.1 Å². The minimum atomic E-state index is -0.220. The number of anilines is 1. The van der Waals surface area contributed by atoms with E-state index in [2.05, 4.69) is 15.1 Å². The fourth-order valence-corrected chi connectivity index (χ4v) is 2.08. The lowest BCUT2D eigenvalue weighted by Crippen LogP contribution is -2.22. The number of nitrogens with two attached hydrogens (primary N) is 1. The Balaban J connectivity index is 2.08. The van der Waals surface area contributed by atoms with Gasteiger partial charge in [-0.05, 0) is 25.0 Å². The van der Waals surface area contributed by atoms with Gasteiger partial charge in [-0.15, -0.1) is 5.10 Å². The van der Waals surface area contributed by atoms with Gasteiger partial charge in [0.25, 0.3) is 0 Å². The van der Waals surface area contributed by atoms with Crippen LogP contribution in [-0.4, -0.2) is 24.1 Å². The Morgan fingerprint density at radius 2 is 2.10 bits per heavy atom. The second-order valence-electron chi connectivity index (χ2n) is 4.67. The highest BCUT2D eigenvalue weighted by Gasteiger charge is 2.11. The molecule has 0 saturated carbocycles. The van der Waals surface area contributed by atoms with E-state index in [1.54, 1.807) is 24.8 Å². The highest BCUT2D eigenvalue weighted by atomic mass is 16.2. The zero-order valence-corrected chi connectivity index (χ0v) is 11.2. The summed E-state index contributed by atoms with van der Waals surface area (Å²) in [5, 5.41) is 4.22. The van der Waals surface area contributed by atoms with E-state index in [0.29, 0.717) is 11.3 Å². The maximum atomic E-state index is 12.2. The molecule has 3 rings (SSSR count). The van der Waals surface area contributed by atoms with Crippen LogP contribution in [0, 0.1) is 13.8 Å². The Morgan fingerprint density at radius 1 is 1.30 bits per heavy atom. The molecule has 0 spiro atoms. The summed E-state index contributed by atoms with van der Waals surface area (Å²) in [6, 6.07) is 0. The Morgan fingerprint density at radius 3 is 2.85 bits per heavy atom. The van der Waals surface area contributed by atoms with Gasteiger partial charge in [0.2, 0.25) is 0 Å². The molecule has 3 heterocycles. The lowest BCUT2D eigenvalue weighted by molar-refractivity contribution is 0.643. The number of rotatable bonds is 2. The summed E-state index contributed by atoms with van der Waals surface area (Å²) in [7, 11) is 0. The molecule has 102 valence electrons. The van der Waals surface area contributed by atoms with Gasteiger partial charge in [-0.1, -0.05) is 0 Å². The van der Waals surface area contributed by atoms with E-state index in [4.69, 9.17) is 5.73 Å². The number of hydrogen-bond acceptors (Lipinski definition) is 5. The minimum absolute atomic E-state index is 0.220. The Bertz CT molecular complexity index is 848. The van der Waals surface area contributed by atoms with Crippen LogP contribution in [-0.2, 0) is 6.54 Å². The smallest absolute Gasteiger partial charge is 0.350 e. The van der Waals surface area contributed by atoms with Crippen molar-refractivity contribution in [1.29, 1.82) is 0 Å². The molecule has 0 saturated heterocycles. The van der Waals surface area contributed by atoms with Gasteiger partial charge in [-0.25, -0.2) is 13.9 Å². The predicted molar refractivity (Wildman–Crippen MR) is 74.5 cm³/mol. The van der Waals surface area contributed by atoms with Crippen molar-refractivity contribution in [3.05, 3.63) is 52.1 Å². The van der Waals surface area contributed by atoms with E-state index < -0.39 is 0 Å². The second kappa shape index (κ2) is 4.44. The minimum Gasteiger partial charge on any atom is -0.398 e. The average Bonchev–Trinajstić information content (AvgIpc) is 2.77. The predicted octanol–water partition coefficient (Wildman–Crippen LogP) is 0.533. The van der Waals surface area contributed by atoms with Crippen LogP contribution in [0.25, 0.3) is 5.65 Å². The van der Waals surface area contributed by atoms with Crippen LogP contribution in [0.5, 0.6) is 0 Å².